The van der Waals surface area contributed by atoms with Crippen molar-refractivity contribution in [3.8, 4) is 6.07 Å². The number of thioether (sulfide) groups is 1. The molecule has 2 rings (SSSR count). The van der Waals surface area contributed by atoms with Gasteiger partial charge in [0.1, 0.15) is 6.04 Å². The molecule has 14 heavy (non-hydrogen) atoms. The maximum absolute atomic E-state index is 8.71. The third-order valence-corrected chi connectivity index (χ3v) is 3.63. The molecular weight excluding hydrogens is 192 g/mol. The van der Waals surface area contributed by atoms with E-state index in [0.29, 0.717) is 0 Å². The Balaban J connectivity index is 2.34. The highest BCUT2D eigenvalue weighted by atomic mass is 32.2. The van der Waals surface area contributed by atoms with E-state index in [1.807, 2.05) is 17.8 Å². The number of rotatable bonds is 1. The lowest BCUT2D eigenvalue weighted by atomic mass is 10.0. The Morgan fingerprint density at radius 3 is 3.14 bits per heavy atom. The van der Waals surface area contributed by atoms with Gasteiger partial charge >= 0.3 is 0 Å². The van der Waals surface area contributed by atoms with Crippen LogP contribution in [0, 0.1) is 11.3 Å². The summed E-state index contributed by atoms with van der Waals surface area (Å²) in [4.78, 5) is 1.35. The van der Waals surface area contributed by atoms with Crippen LogP contribution < -0.4 is 5.73 Å². The molecule has 0 saturated heterocycles. The van der Waals surface area contributed by atoms with Gasteiger partial charge in [-0.25, -0.2) is 0 Å². The second-order valence-electron chi connectivity index (χ2n) is 3.43. The van der Waals surface area contributed by atoms with E-state index >= 15 is 0 Å². The maximum Gasteiger partial charge on any atom is 0.118 e. The van der Waals surface area contributed by atoms with Gasteiger partial charge in [0.05, 0.1) is 6.07 Å². The van der Waals surface area contributed by atoms with Crippen LogP contribution in [-0.4, -0.2) is 5.75 Å². The predicted molar refractivity (Wildman–Crippen MR) is 58.0 cm³/mol. The monoisotopic (exact) mass is 204 g/mol. The Morgan fingerprint density at radius 1 is 1.50 bits per heavy atom. The number of hydrogen-bond donors (Lipinski definition) is 1. The Bertz CT molecular complexity index is 381. The van der Waals surface area contributed by atoms with Crippen molar-refractivity contribution < 1.29 is 0 Å². The molecule has 2 nitrogen and oxygen atoms in total. The van der Waals surface area contributed by atoms with Gasteiger partial charge in [0.25, 0.3) is 0 Å². The van der Waals surface area contributed by atoms with E-state index in [-0.39, 0.29) is 0 Å². The second kappa shape index (κ2) is 4.04. The van der Waals surface area contributed by atoms with Gasteiger partial charge < -0.3 is 5.73 Å². The first-order chi connectivity index (χ1) is 6.81. The summed E-state index contributed by atoms with van der Waals surface area (Å²) in [7, 11) is 0. The number of hydrogen-bond acceptors (Lipinski definition) is 3. The molecule has 2 N–H and O–H groups in total. The van der Waals surface area contributed by atoms with Crippen molar-refractivity contribution >= 4 is 11.8 Å². The second-order valence-corrected chi connectivity index (χ2v) is 4.56. The number of nitrogens with zero attached hydrogens (tertiary/aromatic N) is 1. The fourth-order valence-corrected chi connectivity index (χ4v) is 2.67. The molecule has 3 heteroatoms. The van der Waals surface area contributed by atoms with Crippen LogP contribution in [0.5, 0.6) is 0 Å². The van der Waals surface area contributed by atoms with E-state index in [4.69, 9.17) is 11.0 Å². The standard InChI is InChI=1S/C11H12N2S/c12-7-10(13)8-3-4-11-9(6-8)2-1-5-14-11/h3-4,6,10H,1-2,5,13H2. The van der Waals surface area contributed by atoms with E-state index < -0.39 is 6.04 Å². The van der Waals surface area contributed by atoms with Gasteiger partial charge in [0, 0.05) is 4.90 Å². The van der Waals surface area contributed by atoms with Crippen LogP contribution in [0.1, 0.15) is 23.6 Å². The van der Waals surface area contributed by atoms with Crippen molar-refractivity contribution in [2.75, 3.05) is 5.75 Å². The Morgan fingerprint density at radius 2 is 2.36 bits per heavy atom. The van der Waals surface area contributed by atoms with Gasteiger partial charge in [0.2, 0.25) is 0 Å². The summed E-state index contributed by atoms with van der Waals surface area (Å²) in [6.07, 6.45) is 2.34. The number of fused-ring (bicyclic) bond motifs is 1. The SMILES string of the molecule is N#CC(N)c1ccc2c(c1)CCCS2. The number of benzene rings is 1. The average Bonchev–Trinajstić information content (AvgIpc) is 2.27. The van der Waals surface area contributed by atoms with Crippen LogP contribution in [-0.2, 0) is 6.42 Å². The molecule has 0 aliphatic carbocycles. The highest BCUT2D eigenvalue weighted by molar-refractivity contribution is 7.99. The first kappa shape index (κ1) is 9.57. The zero-order valence-electron chi connectivity index (χ0n) is 7.86. The molecule has 1 aromatic carbocycles. The first-order valence-corrected chi connectivity index (χ1v) is 5.70. The minimum Gasteiger partial charge on any atom is -0.312 e. The minimum absolute atomic E-state index is 0.479. The minimum atomic E-state index is -0.479. The van der Waals surface area contributed by atoms with Crippen molar-refractivity contribution in [1.82, 2.24) is 0 Å². The fourth-order valence-electron chi connectivity index (χ4n) is 1.65. The van der Waals surface area contributed by atoms with Crippen LogP contribution in [0.3, 0.4) is 0 Å². The molecule has 0 spiro atoms. The van der Waals surface area contributed by atoms with Crippen LogP contribution in [0.25, 0.3) is 0 Å². The van der Waals surface area contributed by atoms with Crippen molar-refractivity contribution in [2.45, 2.75) is 23.8 Å². The van der Waals surface area contributed by atoms with Gasteiger partial charge in [-0.1, -0.05) is 12.1 Å². The molecule has 0 saturated carbocycles. The maximum atomic E-state index is 8.71. The largest absolute Gasteiger partial charge is 0.312 e. The van der Waals surface area contributed by atoms with E-state index in [0.717, 1.165) is 12.0 Å². The van der Waals surface area contributed by atoms with E-state index in [1.54, 1.807) is 0 Å². The van der Waals surface area contributed by atoms with E-state index in [1.165, 1.54) is 22.6 Å². The van der Waals surface area contributed by atoms with Crippen LogP contribution in [0.2, 0.25) is 0 Å². The summed E-state index contributed by atoms with van der Waals surface area (Å²) in [5.74, 6) is 1.21. The molecule has 1 aromatic rings. The summed E-state index contributed by atoms with van der Waals surface area (Å²) in [5.41, 5.74) is 7.95. The molecule has 0 aromatic heterocycles. The summed E-state index contributed by atoms with van der Waals surface area (Å²) in [5, 5.41) is 8.71. The van der Waals surface area contributed by atoms with Gasteiger partial charge in [-0.15, -0.1) is 11.8 Å². The molecule has 0 fully saturated rings. The van der Waals surface area contributed by atoms with Crippen molar-refractivity contribution in [3.63, 3.8) is 0 Å². The van der Waals surface area contributed by atoms with Gasteiger partial charge in [-0.3, -0.25) is 0 Å². The molecule has 0 amide bonds. The smallest absolute Gasteiger partial charge is 0.118 e. The van der Waals surface area contributed by atoms with Crippen molar-refractivity contribution in [2.24, 2.45) is 5.73 Å². The summed E-state index contributed by atoms with van der Waals surface area (Å²) < 4.78 is 0. The average molecular weight is 204 g/mol. The molecular formula is C11H12N2S. The summed E-state index contributed by atoms with van der Waals surface area (Å²) in [6.45, 7) is 0. The number of aryl methyl sites for hydroxylation is 1. The highest BCUT2D eigenvalue weighted by Gasteiger charge is 2.12. The molecule has 0 radical (unpaired) electrons. The Kier molecular flexibility index (Phi) is 2.76. The molecule has 1 aliphatic heterocycles. The molecule has 1 atom stereocenters. The molecule has 0 bridgehead atoms. The lowest BCUT2D eigenvalue weighted by molar-refractivity contribution is 0.866. The Labute approximate surface area is 88.1 Å². The lowest BCUT2D eigenvalue weighted by Gasteiger charge is -2.16. The zero-order valence-corrected chi connectivity index (χ0v) is 8.68. The number of nitriles is 1. The fraction of sp³-hybridized carbons (Fsp3) is 0.364. The van der Waals surface area contributed by atoms with Gasteiger partial charge in [-0.2, -0.15) is 5.26 Å². The molecule has 1 aliphatic rings. The predicted octanol–water partition coefficient (Wildman–Crippen LogP) is 2.25. The third kappa shape index (κ3) is 1.77. The third-order valence-electron chi connectivity index (χ3n) is 2.43. The topological polar surface area (TPSA) is 49.8 Å². The van der Waals surface area contributed by atoms with Crippen LogP contribution in [0.15, 0.2) is 23.1 Å². The summed E-state index contributed by atoms with van der Waals surface area (Å²) in [6, 6.07) is 7.71. The van der Waals surface area contributed by atoms with Gasteiger partial charge in [-0.05, 0) is 35.8 Å². The van der Waals surface area contributed by atoms with E-state index in [9.17, 15) is 0 Å². The normalized spacial score (nSPS) is 16.9. The first-order valence-electron chi connectivity index (χ1n) is 4.72. The quantitative estimate of drug-likeness (QED) is 0.763. The molecule has 1 unspecified atom stereocenters. The zero-order chi connectivity index (χ0) is 9.97. The molecule has 1 heterocycles. The Hall–Kier alpha value is -0.980. The van der Waals surface area contributed by atoms with E-state index in [2.05, 4.69) is 18.2 Å². The lowest BCUT2D eigenvalue weighted by Crippen LogP contribution is -2.08. The molecule has 72 valence electrons. The summed E-state index contributed by atoms with van der Waals surface area (Å²) >= 11 is 1.89. The highest BCUT2D eigenvalue weighted by Crippen LogP contribution is 2.31. The van der Waals surface area contributed by atoms with Crippen LogP contribution in [0.4, 0.5) is 0 Å². The van der Waals surface area contributed by atoms with Crippen LogP contribution >= 0.6 is 11.8 Å². The van der Waals surface area contributed by atoms with Crippen molar-refractivity contribution in [3.05, 3.63) is 29.3 Å². The van der Waals surface area contributed by atoms with Gasteiger partial charge in [0.15, 0.2) is 0 Å². The van der Waals surface area contributed by atoms with Crippen molar-refractivity contribution in [1.29, 1.82) is 5.26 Å². The number of nitrogens with two attached hydrogens (primary N) is 1.